The number of aromatic amines is 1. The maximum atomic E-state index is 9.62. The number of hydrogen-bond acceptors (Lipinski definition) is 6. The Balaban J connectivity index is 0.000000118. The average Bonchev–Trinajstić information content (AvgIpc) is 4.16. The van der Waals surface area contributed by atoms with Gasteiger partial charge in [-0.05, 0) is 134 Å². The van der Waals surface area contributed by atoms with Crippen LogP contribution in [0.2, 0.25) is 10.0 Å². The van der Waals surface area contributed by atoms with Crippen LogP contribution in [0, 0.1) is 20.8 Å². The number of nitrogens with one attached hydrogen (secondary N) is 2. The monoisotopic (exact) mass is 1020 g/mol. The number of nitrogens with two attached hydrogens (primary N) is 1. The van der Waals surface area contributed by atoms with Crippen molar-refractivity contribution in [3.05, 3.63) is 207 Å². The molecule has 0 radical (unpaired) electrons. The number of rotatable bonds is 2. The normalized spacial score (nSPS) is 11.2. The molecule has 9 aromatic carbocycles. The number of fused-ring (bicyclic) bond motifs is 13. The highest BCUT2D eigenvalue weighted by molar-refractivity contribution is 9.10. The molecule has 0 amide bonds. The van der Waals surface area contributed by atoms with Gasteiger partial charge < -0.3 is 34.1 Å². The Hall–Kier alpha value is -7.49. The van der Waals surface area contributed by atoms with Crippen LogP contribution in [-0.4, -0.2) is 10.8 Å². The number of aryl methyl sites for hydroxylation is 3. The van der Waals surface area contributed by atoms with Crippen LogP contribution in [0.15, 0.2) is 194 Å². The first-order valence-corrected chi connectivity index (χ1v) is 24.0. The van der Waals surface area contributed by atoms with E-state index < -0.39 is 0 Å². The predicted octanol–water partition coefficient (Wildman–Crippen LogP) is 19.0. The first-order valence-electron chi connectivity index (χ1n) is 23.2. The van der Waals surface area contributed by atoms with Gasteiger partial charge in [-0.15, -0.1) is 0 Å². The molecule has 0 unspecified atom stereocenters. The Morgan fingerprint density at radius 2 is 1.01 bits per heavy atom. The third-order valence-corrected chi connectivity index (χ3v) is 12.8. The number of benzene rings is 9. The number of carbonyl (C=O) groups excluding carboxylic acids is 1. The number of para-hydroxylation sites is 5. The average molecular weight is 1030 g/mol. The zero-order chi connectivity index (χ0) is 49.8. The molecule has 0 aliphatic heterocycles. The third-order valence-electron chi connectivity index (χ3n) is 11.6. The maximum absolute atomic E-state index is 9.62. The molecule has 4 N–H and O–H groups in total. The van der Waals surface area contributed by atoms with E-state index in [-0.39, 0.29) is 12.7 Å². The molecule has 0 atom stereocenters. The summed E-state index contributed by atoms with van der Waals surface area (Å²) >= 11 is 15.5. The van der Waals surface area contributed by atoms with Crippen LogP contribution in [-0.2, 0) is 4.79 Å². The molecule has 13 rings (SSSR count). The van der Waals surface area contributed by atoms with Gasteiger partial charge in [0.05, 0.1) is 37.1 Å². The van der Waals surface area contributed by atoms with Crippen molar-refractivity contribution in [1.82, 2.24) is 4.98 Å². The Kier molecular flexibility index (Phi) is 13.6. The summed E-state index contributed by atoms with van der Waals surface area (Å²) in [5.74, 6) is -0.0787. The van der Waals surface area contributed by atoms with Gasteiger partial charge in [-0.25, -0.2) is 0 Å². The fourth-order valence-corrected chi connectivity index (χ4v) is 9.28. The van der Waals surface area contributed by atoms with Gasteiger partial charge in [-0.2, -0.15) is 0 Å². The van der Waals surface area contributed by atoms with E-state index in [0.717, 1.165) is 87.7 Å². The minimum Gasteiger partial charge on any atom is -0.455 e. The highest BCUT2D eigenvalue weighted by atomic mass is 79.9. The van der Waals surface area contributed by atoms with Gasteiger partial charge in [0, 0.05) is 50.0 Å². The highest BCUT2D eigenvalue weighted by Gasteiger charge is 2.14. The van der Waals surface area contributed by atoms with Crippen molar-refractivity contribution < 1.29 is 19.4 Å². The number of carbonyl (C=O) groups is 1. The minimum atomic E-state index is -0.0833. The van der Waals surface area contributed by atoms with Crippen molar-refractivity contribution >= 4 is 150 Å². The zero-order valence-electron chi connectivity index (χ0n) is 39.8. The zero-order valence-corrected chi connectivity index (χ0v) is 41.9. The topological polar surface area (TPSA) is 110 Å². The maximum Gasteiger partial charge on any atom is 0.159 e. The van der Waals surface area contributed by atoms with Crippen LogP contribution in [0.25, 0.3) is 87.6 Å². The molecule has 4 aromatic heterocycles. The fraction of sp³-hybridized carbons (Fsp3) is 0.0833. The summed E-state index contributed by atoms with van der Waals surface area (Å²) in [4.78, 5) is 13.1. The number of halogens is 3. The number of ketones is 1. The van der Waals surface area contributed by atoms with Gasteiger partial charge in [-0.3, -0.25) is 0 Å². The number of hydrogen-bond donors (Lipinski definition) is 3. The summed E-state index contributed by atoms with van der Waals surface area (Å²) in [6.07, 6.45) is 0. The van der Waals surface area contributed by atoms with E-state index in [1.165, 1.54) is 39.4 Å². The highest BCUT2D eigenvalue weighted by Crippen LogP contribution is 2.38. The second kappa shape index (κ2) is 20.6. The lowest BCUT2D eigenvalue weighted by Gasteiger charge is -2.09. The van der Waals surface area contributed by atoms with Gasteiger partial charge in [0.15, 0.2) is 11.2 Å². The molecule has 4 heterocycles. The number of aromatic nitrogens is 1. The Morgan fingerprint density at radius 1 is 0.529 bits per heavy atom. The van der Waals surface area contributed by atoms with Crippen molar-refractivity contribution in [3.63, 3.8) is 0 Å². The van der Waals surface area contributed by atoms with Crippen LogP contribution in [0.4, 0.5) is 17.1 Å². The van der Waals surface area contributed by atoms with Crippen molar-refractivity contribution in [2.75, 3.05) is 11.1 Å². The van der Waals surface area contributed by atoms with Gasteiger partial charge in [0.1, 0.15) is 28.1 Å². The molecule has 0 aliphatic rings. The molecule has 0 saturated heterocycles. The number of furan rings is 3. The predicted molar refractivity (Wildman–Crippen MR) is 299 cm³/mol. The van der Waals surface area contributed by atoms with Gasteiger partial charge in [-0.1, -0.05) is 132 Å². The lowest BCUT2D eigenvalue weighted by atomic mass is 10.1. The minimum absolute atomic E-state index is 0.0787. The molecule has 0 bridgehead atoms. The number of anilines is 3. The summed E-state index contributed by atoms with van der Waals surface area (Å²) in [5, 5.41) is 14.1. The van der Waals surface area contributed by atoms with E-state index in [4.69, 9.17) is 43.6 Å². The molecular formula is C60H48BrCl2N3O4. The van der Waals surface area contributed by atoms with Crippen LogP contribution in [0.5, 0.6) is 0 Å². The molecular weight excluding hydrogens is 977 g/mol. The summed E-state index contributed by atoms with van der Waals surface area (Å²) in [6, 6.07) is 58.9. The van der Waals surface area contributed by atoms with E-state index in [2.05, 4.69) is 99.9 Å². The van der Waals surface area contributed by atoms with Crippen molar-refractivity contribution in [3.8, 4) is 0 Å². The fourth-order valence-electron chi connectivity index (χ4n) is 8.32. The van der Waals surface area contributed by atoms with Crippen molar-refractivity contribution in [2.45, 2.75) is 34.6 Å². The smallest absolute Gasteiger partial charge is 0.159 e. The molecule has 348 valence electrons. The largest absolute Gasteiger partial charge is 0.455 e. The Bertz CT molecular complexity index is 4060. The van der Waals surface area contributed by atoms with Gasteiger partial charge in [0.25, 0.3) is 0 Å². The second-order valence-electron chi connectivity index (χ2n) is 17.0. The first kappa shape index (κ1) is 46.2. The van der Waals surface area contributed by atoms with Crippen LogP contribution in [0.1, 0.15) is 31.9 Å². The number of Topliss-reactive ketones (excluding diaryl/α,β-unsaturated/α-hetero) is 1. The van der Waals surface area contributed by atoms with E-state index >= 15 is 0 Å². The molecule has 0 aliphatic carbocycles. The molecule has 13 aromatic rings. The standard InChI is InChI=1S/C19H14ClNO.C19H13NO.C12H7BrO.C7H8ClN.C3H6O/c1-12-9-10-16(15(20)11-12)21-17-7-4-6-14-13-5-2-3-8-18(13)22-19(14)17;1-11-6-9-16-15(10-11)13-7-8-14-12-4-2-3-5-17(12)21-19(14)18(13)20-16;13-10-6-3-5-9-8-4-1-2-7-11(8)14-12(9)10;1-5-2-3-7(9)6(8)4-5;1-3(2)4/h2-11,21H,1H3;2-10,20H,1H3;1-7H;2-4H,9H2,1H3;1-2H3/i;;;;1D. The van der Waals surface area contributed by atoms with Crippen molar-refractivity contribution in [1.29, 1.82) is 0 Å². The second-order valence-corrected chi connectivity index (χ2v) is 18.6. The summed E-state index contributed by atoms with van der Waals surface area (Å²) in [6.45, 7) is 7.44. The summed E-state index contributed by atoms with van der Waals surface area (Å²) in [7, 11) is 0. The molecule has 0 saturated carbocycles. The van der Waals surface area contributed by atoms with Crippen LogP contribution >= 0.6 is 39.1 Å². The van der Waals surface area contributed by atoms with Crippen molar-refractivity contribution in [2.24, 2.45) is 0 Å². The third kappa shape index (κ3) is 10.1. The number of nitrogen functional groups attached to an aromatic ring is 1. The summed E-state index contributed by atoms with van der Waals surface area (Å²) < 4.78 is 25.2. The van der Waals surface area contributed by atoms with E-state index in [1.54, 1.807) is 6.07 Å². The lowest BCUT2D eigenvalue weighted by molar-refractivity contribution is -0.115. The summed E-state index contributed by atoms with van der Waals surface area (Å²) in [5.41, 5.74) is 19.2. The number of H-pyrrole nitrogens is 1. The van der Waals surface area contributed by atoms with E-state index in [1.807, 2.05) is 117 Å². The molecule has 0 fully saturated rings. The Morgan fingerprint density at radius 3 is 1.61 bits per heavy atom. The molecule has 7 nitrogen and oxygen atoms in total. The molecule has 0 spiro atoms. The van der Waals surface area contributed by atoms with E-state index in [0.29, 0.717) is 15.7 Å². The molecule has 70 heavy (non-hydrogen) atoms. The first-order chi connectivity index (χ1) is 34.4. The van der Waals surface area contributed by atoms with Crippen LogP contribution in [0.3, 0.4) is 0 Å². The van der Waals surface area contributed by atoms with E-state index in [9.17, 15) is 4.79 Å². The molecule has 10 heteroatoms. The SMILES string of the molecule is Brc1cccc2c1oc1ccccc12.Cc1ccc(N)c(Cl)c1.Cc1ccc(Nc2cccc3c2oc2ccccc23)c(Cl)c1.Cc1ccc2[nH]c3c(ccc4c5ccccc5oc43)c2c1.[2H]CC(C)=O. The van der Waals surface area contributed by atoms with Crippen LogP contribution < -0.4 is 11.1 Å². The Labute approximate surface area is 424 Å². The van der Waals surface area contributed by atoms with Gasteiger partial charge in [0.2, 0.25) is 0 Å². The quantitative estimate of drug-likeness (QED) is 0.149. The lowest BCUT2D eigenvalue weighted by Crippen LogP contribution is -1.91. The van der Waals surface area contributed by atoms with Gasteiger partial charge >= 0.3 is 0 Å².